The molecule has 0 amide bonds. The van der Waals surface area contributed by atoms with Crippen LogP contribution in [0.4, 0.5) is 0 Å². The molecule has 0 saturated heterocycles. The largest absolute Gasteiger partial charge is 0.493 e. The highest BCUT2D eigenvalue weighted by Crippen LogP contribution is 2.37. The van der Waals surface area contributed by atoms with Crippen LogP contribution < -0.4 is 9.47 Å². The monoisotopic (exact) mass is 368 g/mol. The number of aliphatic carboxylic acids is 1. The first kappa shape index (κ1) is 19.3. The van der Waals surface area contributed by atoms with E-state index in [2.05, 4.69) is 25.1 Å². The fourth-order valence-corrected chi connectivity index (χ4v) is 3.67. The number of benzene rings is 2. The van der Waals surface area contributed by atoms with Crippen molar-refractivity contribution in [3.05, 3.63) is 59.2 Å². The zero-order valence-corrected chi connectivity index (χ0v) is 15.9. The predicted molar refractivity (Wildman–Crippen MR) is 106 cm³/mol. The minimum Gasteiger partial charge on any atom is -0.493 e. The highest BCUT2D eigenvalue weighted by molar-refractivity contribution is 5.68. The first-order valence-corrected chi connectivity index (χ1v) is 9.85. The Labute approximate surface area is 161 Å². The molecular formula is C23H28O4. The van der Waals surface area contributed by atoms with Crippen molar-refractivity contribution < 1.29 is 19.4 Å². The van der Waals surface area contributed by atoms with Gasteiger partial charge in [-0.3, -0.25) is 4.79 Å². The van der Waals surface area contributed by atoms with E-state index in [0.717, 1.165) is 43.6 Å². The van der Waals surface area contributed by atoms with Gasteiger partial charge < -0.3 is 14.6 Å². The van der Waals surface area contributed by atoms with Crippen LogP contribution in [0.5, 0.6) is 11.5 Å². The molecule has 4 nitrogen and oxygen atoms in total. The summed E-state index contributed by atoms with van der Waals surface area (Å²) < 4.78 is 11.6. The van der Waals surface area contributed by atoms with E-state index >= 15 is 0 Å². The normalized spacial score (nSPS) is 15.4. The van der Waals surface area contributed by atoms with Crippen LogP contribution in [-0.4, -0.2) is 24.3 Å². The van der Waals surface area contributed by atoms with E-state index in [4.69, 9.17) is 14.6 Å². The summed E-state index contributed by atoms with van der Waals surface area (Å²) in [5.41, 5.74) is 3.73. The van der Waals surface area contributed by atoms with E-state index in [1.807, 2.05) is 24.3 Å². The van der Waals surface area contributed by atoms with Gasteiger partial charge in [-0.25, -0.2) is 0 Å². The van der Waals surface area contributed by atoms with Gasteiger partial charge in [0.2, 0.25) is 0 Å². The predicted octanol–water partition coefficient (Wildman–Crippen LogP) is 4.99. The van der Waals surface area contributed by atoms with Crippen LogP contribution in [0, 0.1) is 0 Å². The topological polar surface area (TPSA) is 55.8 Å². The summed E-state index contributed by atoms with van der Waals surface area (Å²) in [6, 6.07) is 14.3. The number of ether oxygens (including phenoxy) is 2. The average molecular weight is 368 g/mol. The number of carbonyl (C=O) groups is 1. The Bertz CT molecular complexity index is 751. The third-order valence-electron chi connectivity index (χ3n) is 5.03. The minimum atomic E-state index is -0.729. The molecule has 0 unspecified atom stereocenters. The van der Waals surface area contributed by atoms with Gasteiger partial charge in [-0.05, 0) is 66.1 Å². The van der Waals surface area contributed by atoms with E-state index in [0.29, 0.717) is 13.2 Å². The molecule has 27 heavy (non-hydrogen) atoms. The number of carboxylic acid groups (broad SMARTS) is 1. The van der Waals surface area contributed by atoms with Crippen molar-refractivity contribution in [1.29, 1.82) is 0 Å². The summed E-state index contributed by atoms with van der Waals surface area (Å²) in [4.78, 5) is 10.9. The molecule has 144 valence electrons. The lowest BCUT2D eigenvalue weighted by Gasteiger charge is -2.11. The third kappa shape index (κ3) is 5.49. The molecular weight excluding hydrogens is 340 g/mol. The first-order chi connectivity index (χ1) is 13.2. The number of fused-ring (bicyclic) bond motifs is 1. The molecule has 0 bridgehead atoms. The van der Waals surface area contributed by atoms with Crippen molar-refractivity contribution in [2.45, 2.75) is 51.4 Å². The summed E-state index contributed by atoms with van der Waals surface area (Å²) in [5.74, 6) is 1.17. The maximum absolute atomic E-state index is 10.9. The molecule has 0 aromatic heterocycles. The Morgan fingerprint density at radius 3 is 2.48 bits per heavy atom. The number of aryl methyl sites for hydroxylation is 2. The second-order valence-corrected chi connectivity index (χ2v) is 7.14. The second kappa shape index (κ2) is 9.45. The van der Waals surface area contributed by atoms with Crippen LogP contribution >= 0.6 is 0 Å². The molecule has 4 heteroatoms. The molecule has 2 aromatic carbocycles. The van der Waals surface area contributed by atoms with Crippen LogP contribution in [0.1, 0.15) is 55.2 Å². The minimum absolute atomic E-state index is 0.142. The lowest BCUT2D eigenvalue weighted by molar-refractivity contribution is -0.137. The molecule has 1 atom stereocenters. The van der Waals surface area contributed by atoms with Crippen molar-refractivity contribution in [2.24, 2.45) is 0 Å². The molecule has 0 radical (unpaired) electrons. The third-order valence-corrected chi connectivity index (χ3v) is 5.03. The maximum Gasteiger partial charge on any atom is 0.303 e. The molecule has 1 N–H and O–H groups in total. The lowest BCUT2D eigenvalue weighted by atomic mass is 9.98. The standard InChI is InChI=1S/C23H28O4/c1-2-4-17-5-9-20(10-6-17)26-13-3-14-27-21-11-12-22-18(15-21)7-8-19(22)16-23(24)25/h5-6,9-12,15,19H,2-4,7-8,13-14,16H2,1H3,(H,24,25)/t19-/m0/s1. The lowest BCUT2D eigenvalue weighted by Crippen LogP contribution is -2.05. The van der Waals surface area contributed by atoms with E-state index in [1.54, 1.807) is 0 Å². The van der Waals surface area contributed by atoms with Gasteiger partial charge in [-0.1, -0.05) is 31.5 Å². The summed E-state index contributed by atoms with van der Waals surface area (Å²) in [7, 11) is 0. The average Bonchev–Trinajstić information content (AvgIpc) is 3.04. The molecule has 1 aliphatic rings. The molecule has 0 spiro atoms. The van der Waals surface area contributed by atoms with Crippen molar-refractivity contribution in [3.63, 3.8) is 0 Å². The van der Waals surface area contributed by atoms with E-state index in [9.17, 15) is 4.79 Å². The van der Waals surface area contributed by atoms with Crippen LogP contribution in [0.3, 0.4) is 0 Å². The maximum atomic E-state index is 10.9. The van der Waals surface area contributed by atoms with E-state index < -0.39 is 5.97 Å². The summed E-state index contributed by atoms with van der Waals surface area (Å²) in [6.45, 7) is 3.41. The highest BCUT2D eigenvalue weighted by atomic mass is 16.5. The highest BCUT2D eigenvalue weighted by Gasteiger charge is 2.24. The van der Waals surface area contributed by atoms with Crippen LogP contribution in [0.25, 0.3) is 0 Å². The second-order valence-electron chi connectivity index (χ2n) is 7.14. The van der Waals surface area contributed by atoms with Gasteiger partial charge >= 0.3 is 5.97 Å². The Balaban J connectivity index is 1.40. The summed E-state index contributed by atoms with van der Waals surface area (Å²) in [6.07, 6.45) is 5.13. The molecule has 0 aliphatic heterocycles. The molecule has 0 saturated carbocycles. The van der Waals surface area contributed by atoms with Gasteiger partial charge in [0.15, 0.2) is 0 Å². The zero-order valence-electron chi connectivity index (χ0n) is 15.9. The van der Waals surface area contributed by atoms with E-state index in [-0.39, 0.29) is 12.3 Å². The molecule has 3 rings (SSSR count). The smallest absolute Gasteiger partial charge is 0.303 e. The van der Waals surface area contributed by atoms with Gasteiger partial charge in [0.25, 0.3) is 0 Å². The fourth-order valence-electron chi connectivity index (χ4n) is 3.67. The fraction of sp³-hybridized carbons (Fsp3) is 0.435. The molecule has 0 heterocycles. The Morgan fingerprint density at radius 1 is 1.07 bits per heavy atom. The van der Waals surface area contributed by atoms with Crippen LogP contribution in [0.15, 0.2) is 42.5 Å². The quantitative estimate of drug-likeness (QED) is 0.600. The molecule has 2 aromatic rings. The van der Waals surface area contributed by atoms with Crippen LogP contribution in [0.2, 0.25) is 0 Å². The number of rotatable bonds is 10. The van der Waals surface area contributed by atoms with Gasteiger partial charge in [-0.15, -0.1) is 0 Å². The Kier molecular flexibility index (Phi) is 6.74. The van der Waals surface area contributed by atoms with Crippen molar-refractivity contribution in [1.82, 2.24) is 0 Å². The Hall–Kier alpha value is -2.49. The number of hydrogen-bond acceptors (Lipinski definition) is 3. The van der Waals surface area contributed by atoms with Crippen LogP contribution in [-0.2, 0) is 17.6 Å². The molecule has 0 fully saturated rings. The SMILES string of the molecule is CCCc1ccc(OCCCOc2ccc3c(c2)CC[C@H]3CC(=O)O)cc1. The summed E-state index contributed by atoms with van der Waals surface area (Å²) in [5, 5.41) is 9.00. The summed E-state index contributed by atoms with van der Waals surface area (Å²) >= 11 is 0. The first-order valence-electron chi connectivity index (χ1n) is 9.85. The van der Waals surface area contributed by atoms with Gasteiger partial charge in [0, 0.05) is 6.42 Å². The molecule has 1 aliphatic carbocycles. The van der Waals surface area contributed by atoms with Gasteiger partial charge in [-0.2, -0.15) is 0 Å². The van der Waals surface area contributed by atoms with E-state index in [1.165, 1.54) is 16.7 Å². The van der Waals surface area contributed by atoms with Crippen molar-refractivity contribution in [3.8, 4) is 11.5 Å². The zero-order chi connectivity index (χ0) is 19.1. The number of carboxylic acids is 1. The van der Waals surface area contributed by atoms with Crippen molar-refractivity contribution >= 4 is 5.97 Å². The van der Waals surface area contributed by atoms with Gasteiger partial charge in [0.05, 0.1) is 19.6 Å². The Morgan fingerprint density at radius 2 is 1.78 bits per heavy atom. The number of hydrogen-bond donors (Lipinski definition) is 1. The van der Waals surface area contributed by atoms with Crippen molar-refractivity contribution in [2.75, 3.05) is 13.2 Å². The van der Waals surface area contributed by atoms with Gasteiger partial charge in [0.1, 0.15) is 11.5 Å².